The number of nitrogens with one attached hydrogen (secondary N) is 1. The van der Waals surface area contributed by atoms with E-state index in [0.717, 1.165) is 31.7 Å². The van der Waals surface area contributed by atoms with Gasteiger partial charge in [-0.15, -0.1) is 0 Å². The Hall–Kier alpha value is -3.58. The monoisotopic (exact) mass is 642 g/mol. The van der Waals surface area contributed by atoms with Gasteiger partial charge in [0.15, 0.2) is 11.6 Å². The van der Waals surface area contributed by atoms with Gasteiger partial charge in [-0.25, -0.2) is 0 Å². The van der Waals surface area contributed by atoms with Crippen molar-refractivity contribution in [1.29, 1.82) is 0 Å². The van der Waals surface area contributed by atoms with Gasteiger partial charge in [0.05, 0.1) is 27.4 Å². The number of hydrogen-bond acceptors (Lipinski definition) is 8. The van der Waals surface area contributed by atoms with Gasteiger partial charge in [-0.2, -0.15) is 16.8 Å². The van der Waals surface area contributed by atoms with Gasteiger partial charge in [0.25, 0.3) is 20.2 Å². The molecule has 0 saturated carbocycles. The number of anilines is 3. The fourth-order valence-electron chi connectivity index (χ4n) is 5.64. The van der Waals surface area contributed by atoms with Crippen molar-refractivity contribution >= 4 is 48.9 Å². The molecule has 12 heteroatoms. The summed E-state index contributed by atoms with van der Waals surface area (Å²) in [6.45, 7) is 2.19. The van der Waals surface area contributed by atoms with Crippen molar-refractivity contribution in [2.24, 2.45) is 0 Å². The van der Waals surface area contributed by atoms with E-state index in [1.807, 2.05) is 0 Å². The highest BCUT2D eigenvalue weighted by atomic mass is 32.2. The molecule has 1 aliphatic carbocycles. The summed E-state index contributed by atoms with van der Waals surface area (Å²) in [5, 5.41) is 2.82. The SMILES string of the molecule is CCCCCCCCCCCCc1ccc(Nc2cc(S(=O)(=O)O)c(N)c3c2C(=O)c2ccccc2C3=O)cc1S(=O)(=O)O. The second kappa shape index (κ2) is 14.0. The third-order valence-corrected chi connectivity index (χ3v) is 9.73. The van der Waals surface area contributed by atoms with Gasteiger partial charge in [0.1, 0.15) is 4.90 Å². The first-order chi connectivity index (χ1) is 20.8. The zero-order chi connectivity index (χ0) is 32.1. The number of nitrogen functional groups attached to an aromatic ring is 1. The summed E-state index contributed by atoms with van der Waals surface area (Å²) in [6.07, 6.45) is 11.6. The van der Waals surface area contributed by atoms with Crippen molar-refractivity contribution in [2.75, 3.05) is 11.1 Å². The lowest BCUT2D eigenvalue weighted by Crippen LogP contribution is -2.25. The molecule has 0 aromatic heterocycles. The van der Waals surface area contributed by atoms with E-state index in [0.29, 0.717) is 12.0 Å². The van der Waals surface area contributed by atoms with Crippen molar-refractivity contribution in [3.63, 3.8) is 0 Å². The number of rotatable bonds is 15. The smallest absolute Gasteiger partial charge is 0.296 e. The van der Waals surface area contributed by atoms with Crippen LogP contribution < -0.4 is 11.1 Å². The molecule has 0 unspecified atom stereocenters. The highest BCUT2D eigenvalue weighted by Crippen LogP contribution is 2.40. The molecule has 0 heterocycles. The zero-order valence-electron chi connectivity index (χ0n) is 24.6. The van der Waals surface area contributed by atoms with Crippen LogP contribution in [0, 0.1) is 0 Å². The van der Waals surface area contributed by atoms with Crippen molar-refractivity contribution in [3.05, 3.63) is 76.3 Å². The zero-order valence-corrected chi connectivity index (χ0v) is 26.3. The number of hydrogen-bond donors (Lipinski definition) is 4. The summed E-state index contributed by atoms with van der Waals surface area (Å²) < 4.78 is 68.9. The Kier molecular flexibility index (Phi) is 10.6. The van der Waals surface area contributed by atoms with E-state index in [2.05, 4.69) is 12.2 Å². The Morgan fingerprint density at radius 3 is 1.75 bits per heavy atom. The standard InChI is InChI=1S/C32H38N2O8S2/c1-2-3-4-5-6-7-8-9-10-11-14-21-17-18-22(19-26(21)43(37,38)39)34-25-20-27(44(40,41)42)30(33)29-28(25)31(35)23-15-12-13-16-24(23)32(29)36/h12-13,15-20,34H,2-11,14,33H2,1H3,(H,37,38,39)(H,40,41,42). The molecule has 44 heavy (non-hydrogen) atoms. The fraction of sp³-hybridized carbons (Fsp3) is 0.375. The lowest BCUT2D eigenvalue weighted by molar-refractivity contribution is 0.0980. The molecule has 3 aromatic rings. The number of ketones is 2. The molecule has 5 N–H and O–H groups in total. The maximum absolute atomic E-state index is 13.5. The van der Waals surface area contributed by atoms with E-state index in [1.165, 1.54) is 68.9 Å². The minimum Gasteiger partial charge on any atom is -0.397 e. The minimum atomic E-state index is -4.93. The summed E-state index contributed by atoms with van der Waals surface area (Å²) in [7, 11) is -9.57. The largest absolute Gasteiger partial charge is 0.397 e. The molecule has 236 valence electrons. The highest BCUT2D eigenvalue weighted by Gasteiger charge is 2.36. The van der Waals surface area contributed by atoms with Crippen molar-refractivity contribution in [2.45, 2.75) is 87.3 Å². The van der Waals surface area contributed by atoms with Crippen LogP contribution in [0.25, 0.3) is 0 Å². The number of carbonyl (C=O) groups is 2. The van der Waals surface area contributed by atoms with E-state index in [4.69, 9.17) is 5.73 Å². The van der Waals surface area contributed by atoms with Crippen LogP contribution in [0.4, 0.5) is 17.1 Å². The quantitative estimate of drug-likeness (QED) is 0.0615. The summed E-state index contributed by atoms with van der Waals surface area (Å²) in [4.78, 5) is 25.8. The average Bonchev–Trinajstić information content (AvgIpc) is 2.97. The van der Waals surface area contributed by atoms with Crippen LogP contribution in [-0.2, 0) is 26.7 Å². The van der Waals surface area contributed by atoms with Crippen LogP contribution >= 0.6 is 0 Å². The topological polar surface area (TPSA) is 181 Å². The van der Waals surface area contributed by atoms with Gasteiger partial charge >= 0.3 is 0 Å². The molecule has 0 amide bonds. The van der Waals surface area contributed by atoms with E-state index in [-0.39, 0.29) is 38.5 Å². The Morgan fingerprint density at radius 1 is 0.682 bits per heavy atom. The summed E-state index contributed by atoms with van der Waals surface area (Å²) in [5.74, 6) is -1.31. The van der Waals surface area contributed by atoms with Crippen LogP contribution in [0.2, 0.25) is 0 Å². The lowest BCUT2D eigenvalue weighted by atomic mass is 9.82. The van der Waals surface area contributed by atoms with Crippen LogP contribution in [0.15, 0.2) is 58.3 Å². The Morgan fingerprint density at radius 2 is 1.20 bits per heavy atom. The van der Waals surface area contributed by atoms with Crippen LogP contribution in [0.1, 0.15) is 109 Å². The van der Waals surface area contributed by atoms with Gasteiger partial charge in [0.2, 0.25) is 0 Å². The third kappa shape index (κ3) is 7.55. The Bertz CT molecular complexity index is 1780. The van der Waals surface area contributed by atoms with E-state index in [1.54, 1.807) is 12.1 Å². The maximum Gasteiger partial charge on any atom is 0.296 e. The van der Waals surface area contributed by atoms with Crippen molar-refractivity contribution < 1.29 is 35.5 Å². The number of aryl methyl sites for hydroxylation is 1. The number of nitrogens with two attached hydrogens (primary N) is 1. The van der Waals surface area contributed by atoms with Crippen molar-refractivity contribution in [1.82, 2.24) is 0 Å². The highest BCUT2D eigenvalue weighted by molar-refractivity contribution is 7.86. The molecule has 0 saturated heterocycles. The minimum absolute atomic E-state index is 0.0279. The number of fused-ring (bicyclic) bond motifs is 2. The van der Waals surface area contributed by atoms with Gasteiger partial charge in [-0.3, -0.25) is 18.7 Å². The maximum atomic E-state index is 13.5. The molecule has 0 aliphatic heterocycles. The molecule has 1 aliphatic rings. The molecule has 0 atom stereocenters. The van der Waals surface area contributed by atoms with Crippen LogP contribution in [0.3, 0.4) is 0 Å². The first kappa shape index (κ1) is 33.3. The number of unbranched alkanes of at least 4 members (excludes halogenated alkanes) is 9. The third-order valence-electron chi connectivity index (χ3n) is 7.90. The summed E-state index contributed by atoms with van der Waals surface area (Å²) >= 11 is 0. The fourth-order valence-corrected chi connectivity index (χ4v) is 7.07. The first-order valence-electron chi connectivity index (χ1n) is 14.8. The van der Waals surface area contributed by atoms with Gasteiger partial charge in [-0.05, 0) is 36.6 Å². The molecule has 0 spiro atoms. The predicted octanol–water partition coefficient (Wildman–Crippen LogP) is 6.74. The number of benzene rings is 3. The van der Waals surface area contributed by atoms with Crippen molar-refractivity contribution in [3.8, 4) is 0 Å². The molecule has 0 radical (unpaired) electrons. The van der Waals surface area contributed by atoms with Crippen LogP contribution in [0.5, 0.6) is 0 Å². The summed E-state index contributed by atoms with van der Waals surface area (Å²) in [6, 6.07) is 11.2. The second-order valence-electron chi connectivity index (χ2n) is 11.1. The molecule has 10 nitrogen and oxygen atoms in total. The molecule has 4 rings (SSSR count). The molecule has 0 bridgehead atoms. The second-order valence-corrected chi connectivity index (χ2v) is 13.9. The van der Waals surface area contributed by atoms with Gasteiger partial charge in [-0.1, -0.05) is 95.0 Å². The van der Waals surface area contributed by atoms with E-state index < -0.39 is 42.4 Å². The van der Waals surface area contributed by atoms with Gasteiger partial charge < -0.3 is 11.1 Å². The molecule has 0 fully saturated rings. The average molecular weight is 643 g/mol. The van der Waals surface area contributed by atoms with E-state index >= 15 is 0 Å². The van der Waals surface area contributed by atoms with Crippen LogP contribution in [-0.4, -0.2) is 37.5 Å². The molecule has 3 aromatic carbocycles. The van der Waals surface area contributed by atoms with Gasteiger partial charge in [0, 0.05) is 16.8 Å². The lowest BCUT2D eigenvalue weighted by Gasteiger charge is -2.24. The molecular formula is C32H38N2O8S2. The predicted molar refractivity (Wildman–Crippen MR) is 169 cm³/mol. The Balaban J connectivity index is 1.59. The normalized spacial score (nSPS) is 13.1. The molecular weight excluding hydrogens is 604 g/mol. The number of carbonyl (C=O) groups excluding carboxylic acids is 2. The van der Waals surface area contributed by atoms with E-state index in [9.17, 15) is 35.5 Å². The Labute approximate surface area is 258 Å². The first-order valence-corrected chi connectivity index (χ1v) is 17.7. The summed E-state index contributed by atoms with van der Waals surface area (Å²) in [5.41, 5.74) is 5.27.